The largest absolute Gasteiger partial charge is 0.361 e. The zero-order chi connectivity index (χ0) is 19.7. The lowest BCUT2D eigenvalue weighted by molar-refractivity contribution is 0.204. The molecule has 8 heteroatoms. The summed E-state index contributed by atoms with van der Waals surface area (Å²) in [5.74, 6) is 0.715. The number of amides is 2. The van der Waals surface area contributed by atoms with Crippen molar-refractivity contribution in [1.82, 2.24) is 10.1 Å². The summed E-state index contributed by atoms with van der Waals surface area (Å²) in [5.41, 5.74) is 1.24. The van der Waals surface area contributed by atoms with E-state index in [1.54, 1.807) is 29.2 Å². The maximum Gasteiger partial charge on any atom is 0.322 e. The number of carbonyl (C=O) groups excluding carboxylic acids is 1. The number of aryl methyl sites for hydroxylation is 1. The molecule has 2 aliphatic rings. The summed E-state index contributed by atoms with van der Waals surface area (Å²) in [6.07, 6.45) is 5.06. The SMILES string of the molecule is Cc1cc([C@@H]2CCCN2C(=O)Nc2cccc(S(=O)(=O)C3CCCC3)c2)no1. The lowest BCUT2D eigenvalue weighted by Gasteiger charge is -2.23. The molecule has 150 valence electrons. The van der Waals surface area contributed by atoms with E-state index in [0.29, 0.717) is 30.8 Å². The average Bonchev–Trinajstić information content (AvgIpc) is 3.43. The molecule has 0 unspecified atom stereocenters. The Morgan fingerprint density at radius 2 is 1.96 bits per heavy atom. The van der Waals surface area contributed by atoms with Gasteiger partial charge in [-0.1, -0.05) is 24.1 Å². The molecule has 1 saturated heterocycles. The predicted molar refractivity (Wildman–Crippen MR) is 105 cm³/mol. The standard InChI is InChI=1S/C20H25N3O4S/c1-14-12-18(22-27-14)19-10-5-11-23(19)20(24)21-15-6-4-9-17(13-15)28(25,26)16-7-2-3-8-16/h4,6,9,12-13,16,19H,2-3,5,7-8,10-11H2,1H3,(H,21,24)/t19-/m0/s1. The van der Waals surface area contributed by atoms with Crippen LogP contribution in [0.2, 0.25) is 0 Å². The molecule has 2 heterocycles. The number of urea groups is 1. The lowest BCUT2D eigenvalue weighted by Crippen LogP contribution is -2.34. The maximum atomic E-state index is 12.8. The summed E-state index contributed by atoms with van der Waals surface area (Å²) < 4.78 is 30.8. The fourth-order valence-corrected chi connectivity index (χ4v) is 6.10. The fraction of sp³-hybridized carbons (Fsp3) is 0.500. The first-order valence-corrected chi connectivity index (χ1v) is 11.3. The number of hydrogen-bond donors (Lipinski definition) is 1. The van der Waals surface area contributed by atoms with E-state index in [1.807, 2.05) is 13.0 Å². The first-order chi connectivity index (χ1) is 13.4. The molecule has 2 aromatic rings. The van der Waals surface area contributed by atoms with Gasteiger partial charge in [0.15, 0.2) is 9.84 Å². The quantitative estimate of drug-likeness (QED) is 0.831. The molecule has 2 fully saturated rings. The molecule has 1 aliphatic carbocycles. The molecule has 0 bridgehead atoms. The molecule has 0 spiro atoms. The first kappa shape index (κ1) is 19.0. The zero-order valence-corrected chi connectivity index (χ0v) is 16.7. The van der Waals surface area contributed by atoms with Gasteiger partial charge in [-0.25, -0.2) is 13.2 Å². The van der Waals surface area contributed by atoms with Gasteiger partial charge in [0.2, 0.25) is 0 Å². The molecule has 1 aliphatic heterocycles. The average molecular weight is 404 g/mol. The van der Waals surface area contributed by atoms with Gasteiger partial charge in [-0.15, -0.1) is 0 Å². The normalized spacial score (nSPS) is 20.6. The van der Waals surface area contributed by atoms with E-state index in [0.717, 1.165) is 31.4 Å². The fourth-order valence-electron chi connectivity index (χ4n) is 4.20. The van der Waals surface area contributed by atoms with Crippen molar-refractivity contribution >= 4 is 21.6 Å². The number of aromatic nitrogens is 1. The van der Waals surface area contributed by atoms with Crippen LogP contribution >= 0.6 is 0 Å². The van der Waals surface area contributed by atoms with Crippen LogP contribution in [-0.4, -0.2) is 36.3 Å². The maximum absolute atomic E-state index is 12.8. The van der Waals surface area contributed by atoms with Gasteiger partial charge in [-0.3, -0.25) is 0 Å². The summed E-state index contributed by atoms with van der Waals surface area (Å²) in [6, 6.07) is 8.06. The highest BCUT2D eigenvalue weighted by molar-refractivity contribution is 7.92. The van der Waals surface area contributed by atoms with Crippen molar-refractivity contribution in [2.45, 2.75) is 61.6 Å². The summed E-state index contributed by atoms with van der Waals surface area (Å²) in [6.45, 7) is 2.45. The van der Waals surface area contributed by atoms with Crippen LogP contribution in [0.5, 0.6) is 0 Å². The Balaban J connectivity index is 1.50. The van der Waals surface area contributed by atoms with Crippen molar-refractivity contribution in [2.75, 3.05) is 11.9 Å². The smallest absolute Gasteiger partial charge is 0.322 e. The topological polar surface area (TPSA) is 92.5 Å². The molecule has 4 rings (SSSR count). The third-order valence-electron chi connectivity index (χ3n) is 5.66. The van der Waals surface area contributed by atoms with Crippen LogP contribution in [-0.2, 0) is 9.84 Å². The second kappa shape index (κ2) is 7.58. The number of nitrogens with one attached hydrogen (secondary N) is 1. The Bertz CT molecular complexity index is 963. The van der Waals surface area contributed by atoms with Gasteiger partial charge in [-0.05, 0) is 50.8 Å². The summed E-state index contributed by atoms with van der Waals surface area (Å²) in [7, 11) is -3.35. The Morgan fingerprint density at radius 1 is 1.18 bits per heavy atom. The van der Waals surface area contributed by atoms with Crippen LogP contribution in [0.25, 0.3) is 0 Å². The van der Waals surface area contributed by atoms with Gasteiger partial charge in [-0.2, -0.15) is 0 Å². The minimum Gasteiger partial charge on any atom is -0.361 e. The van der Waals surface area contributed by atoms with Crippen molar-refractivity contribution in [1.29, 1.82) is 0 Å². The van der Waals surface area contributed by atoms with E-state index in [4.69, 9.17) is 4.52 Å². The lowest BCUT2D eigenvalue weighted by atomic mass is 10.1. The molecular weight excluding hydrogens is 378 g/mol. The van der Waals surface area contributed by atoms with Gasteiger partial charge in [0.05, 0.1) is 16.2 Å². The van der Waals surface area contributed by atoms with Crippen molar-refractivity contribution in [3.05, 3.63) is 41.8 Å². The molecular formula is C20H25N3O4S. The monoisotopic (exact) mass is 403 g/mol. The highest BCUT2D eigenvalue weighted by Crippen LogP contribution is 2.33. The molecule has 2 amide bonds. The van der Waals surface area contributed by atoms with Crippen LogP contribution in [0.1, 0.15) is 56.0 Å². The molecule has 1 N–H and O–H groups in total. The highest BCUT2D eigenvalue weighted by atomic mass is 32.2. The van der Waals surface area contributed by atoms with E-state index >= 15 is 0 Å². The minimum atomic E-state index is -3.35. The number of anilines is 1. The zero-order valence-electron chi connectivity index (χ0n) is 15.9. The van der Waals surface area contributed by atoms with Crippen LogP contribution in [0.15, 0.2) is 39.8 Å². The van der Waals surface area contributed by atoms with Crippen LogP contribution in [0.3, 0.4) is 0 Å². The third-order valence-corrected chi connectivity index (χ3v) is 7.92. The Labute approximate surface area is 165 Å². The number of benzene rings is 1. The number of carbonyl (C=O) groups is 1. The molecule has 1 aromatic heterocycles. The van der Waals surface area contributed by atoms with Crippen LogP contribution < -0.4 is 5.32 Å². The second-order valence-electron chi connectivity index (χ2n) is 7.62. The number of hydrogen-bond acceptors (Lipinski definition) is 5. The van der Waals surface area contributed by atoms with Gasteiger partial charge in [0, 0.05) is 18.3 Å². The van der Waals surface area contributed by atoms with Crippen molar-refractivity contribution in [2.24, 2.45) is 0 Å². The molecule has 1 aromatic carbocycles. The molecule has 7 nitrogen and oxygen atoms in total. The Kier molecular flexibility index (Phi) is 5.14. The van der Waals surface area contributed by atoms with Gasteiger partial charge in [0.1, 0.15) is 11.5 Å². The minimum absolute atomic E-state index is 0.122. The second-order valence-corrected chi connectivity index (χ2v) is 9.85. The molecule has 28 heavy (non-hydrogen) atoms. The first-order valence-electron chi connectivity index (χ1n) is 9.80. The predicted octanol–water partition coefficient (Wildman–Crippen LogP) is 4.07. The van der Waals surface area contributed by atoms with Crippen molar-refractivity contribution in [3.63, 3.8) is 0 Å². The Hall–Kier alpha value is -2.35. The molecule has 0 radical (unpaired) electrons. The number of rotatable bonds is 4. The van der Waals surface area contributed by atoms with E-state index in [9.17, 15) is 13.2 Å². The van der Waals surface area contributed by atoms with Crippen LogP contribution in [0, 0.1) is 6.92 Å². The Morgan fingerprint density at radius 3 is 2.68 bits per heavy atom. The number of nitrogens with zero attached hydrogens (tertiary/aromatic N) is 2. The van der Waals surface area contributed by atoms with Crippen molar-refractivity contribution < 1.29 is 17.7 Å². The van der Waals surface area contributed by atoms with E-state index < -0.39 is 9.84 Å². The van der Waals surface area contributed by atoms with E-state index in [-0.39, 0.29) is 22.2 Å². The van der Waals surface area contributed by atoms with Gasteiger partial charge in [0.25, 0.3) is 0 Å². The van der Waals surface area contributed by atoms with Gasteiger partial charge >= 0.3 is 6.03 Å². The van der Waals surface area contributed by atoms with E-state index in [2.05, 4.69) is 10.5 Å². The summed E-state index contributed by atoms with van der Waals surface area (Å²) in [4.78, 5) is 14.8. The summed E-state index contributed by atoms with van der Waals surface area (Å²) in [5, 5.41) is 6.60. The molecule has 1 atom stereocenters. The molecule has 1 saturated carbocycles. The van der Waals surface area contributed by atoms with E-state index in [1.165, 1.54) is 0 Å². The number of sulfone groups is 1. The summed E-state index contributed by atoms with van der Waals surface area (Å²) >= 11 is 0. The van der Waals surface area contributed by atoms with Crippen LogP contribution in [0.4, 0.5) is 10.5 Å². The number of likely N-dealkylation sites (tertiary alicyclic amines) is 1. The van der Waals surface area contributed by atoms with Crippen molar-refractivity contribution in [3.8, 4) is 0 Å². The third kappa shape index (κ3) is 3.65. The highest BCUT2D eigenvalue weighted by Gasteiger charge is 2.33. The van der Waals surface area contributed by atoms with Gasteiger partial charge < -0.3 is 14.7 Å².